The zero-order chi connectivity index (χ0) is 14.5. The molecule has 20 heavy (non-hydrogen) atoms. The van der Waals surface area contributed by atoms with E-state index in [-0.39, 0.29) is 12.5 Å². The van der Waals surface area contributed by atoms with Crippen LogP contribution in [0.2, 0.25) is 5.02 Å². The topological polar surface area (TPSA) is 52.6 Å². The van der Waals surface area contributed by atoms with Crippen LogP contribution in [0.4, 0.5) is 5.69 Å². The average Bonchev–Trinajstić information content (AvgIpc) is 2.43. The first-order chi connectivity index (χ1) is 9.58. The lowest BCUT2D eigenvalue weighted by molar-refractivity contribution is -0.117. The van der Waals surface area contributed by atoms with Crippen molar-refractivity contribution < 1.29 is 9.90 Å². The van der Waals surface area contributed by atoms with Gasteiger partial charge >= 0.3 is 0 Å². The molecule has 0 atom stereocenters. The molecule has 1 heterocycles. The molecule has 0 radical (unpaired) electrons. The lowest BCUT2D eigenvalue weighted by Crippen LogP contribution is -2.39. The summed E-state index contributed by atoms with van der Waals surface area (Å²) in [5.41, 5.74) is 0.630. The monoisotopic (exact) mass is 360 g/mol. The van der Waals surface area contributed by atoms with Crippen LogP contribution in [-0.4, -0.2) is 42.2 Å². The summed E-state index contributed by atoms with van der Waals surface area (Å²) in [4.78, 5) is 14.1. The maximum Gasteiger partial charge on any atom is 0.238 e. The van der Waals surface area contributed by atoms with E-state index in [4.69, 9.17) is 16.7 Å². The summed E-state index contributed by atoms with van der Waals surface area (Å²) in [5.74, 6) is 0.326. The van der Waals surface area contributed by atoms with Crippen LogP contribution in [0.15, 0.2) is 22.7 Å². The third-order valence-electron chi connectivity index (χ3n) is 3.54. The fourth-order valence-electron chi connectivity index (χ4n) is 2.31. The molecule has 110 valence electrons. The number of carbonyl (C=O) groups is 1. The van der Waals surface area contributed by atoms with Crippen molar-refractivity contribution in [2.45, 2.75) is 12.8 Å². The van der Waals surface area contributed by atoms with Crippen LogP contribution in [0.5, 0.6) is 0 Å². The molecule has 1 aromatic rings. The number of piperidine rings is 1. The third-order valence-corrected chi connectivity index (χ3v) is 4.34. The quantitative estimate of drug-likeness (QED) is 0.867. The number of anilines is 1. The Kier molecular flexibility index (Phi) is 5.84. The van der Waals surface area contributed by atoms with E-state index in [9.17, 15) is 4.79 Å². The lowest BCUT2D eigenvalue weighted by atomic mass is 9.98. The van der Waals surface area contributed by atoms with Crippen molar-refractivity contribution in [1.82, 2.24) is 4.90 Å². The molecule has 6 heteroatoms. The SMILES string of the molecule is O=C(CN1CCC(CO)CC1)Nc1ccc(Br)cc1Cl. The molecule has 1 aromatic carbocycles. The highest BCUT2D eigenvalue weighted by molar-refractivity contribution is 9.10. The number of nitrogens with one attached hydrogen (secondary N) is 1. The minimum Gasteiger partial charge on any atom is -0.396 e. The molecule has 1 saturated heterocycles. The second-order valence-corrected chi connectivity index (χ2v) is 6.40. The molecule has 0 spiro atoms. The van der Waals surface area contributed by atoms with Crippen molar-refractivity contribution in [1.29, 1.82) is 0 Å². The second kappa shape index (κ2) is 7.41. The molecule has 0 aromatic heterocycles. The Balaban J connectivity index is 1.84. The van der Waals surface area contributed by atoms with E-state index >= 15 is 0 Å². The number of hydrogen-bond donors (Lipinski definition) is 2. The molecule has 0 bridgehead atoms. The number of hydrogen-bond acceptors (Lipinski definition) is 3. The number of aliphatic hydroxyl groups is 1. The Morgan fingerprint density at radius 1 is 1.45 bits per heavy atom. The molecule has 2 N–H and O–H groups in total. The van der Waals surface area contributed by atoms with Crippen molar-refractivity contribution in [2.75, 3.05) is 31.6 Å². The standard InChI is InChI=1S/C14H18BrClN2O2/c15-11-1-2-13(12(16)7-11)17-14(20)8-18-5-3-10(9-19)4-6-18/h1-2,7,10,19H,3-6,8-9H2,(H,17,20). The lowest BCUT2D eigenvalue weighted by Gasteiger charge is -2.30. The number of likely N-dealkylation sites (tertiary alicyclic amines) is 1. The van der Waals surface area contributed by atoms with Crippen molar-refractivity contribution in [3.63, 3.8) is 0 Å². The van der Waals surface area contributed by atoms with E-state index < -0.39 is 0 Å². The zero-order valence-electron chi connectivity index (χ0n) is 11.1. The van der Waals surface area contributed by atoms with Gasteiger partial charge in [-0.3, -0.25) is 9.69 Å². The highest BCUT2D eigenvalue weighted by atomic mass is 79.9. The van der Waals surface area contributed by atoms with Gasteiger partial charge in [-0.1, -0.05) is 27.5 Å². The second-order valence-electron chi connectivity index (χ2n) is 5.07. The van der Waals surface area contributed by atoms with Gasteiger partial charge in [0.15, 0.2) is 0 Å². The Hall–Kier alpha value is -0.620. The Morgan fingerprint density at radius 2 is 2.15 bits per heavy atom. The van der Waals surface area contributed by atoms with Crippen LogP contribution in [-0.2, 0) is 4.79 Å². The summed E-state index contributed by atoms with van der Waals surface area (Å²) in [6, 6.07) is 5.38. The summed E-state index contributed by atoms with van der Waals surface area (Å²) < 4.78 is 0.881. The number of halogens is 2. The van der Waals surface area contributed by atoms with Gasteiger partial charge < -0.3 is 10.4 Å². The molecular formula is C14H18BrClN2O2. The molecule has 0 aliphatic carbocycles. The van der Waals surface area contributed by atoms with Crippen LogP contribution in [0.3, 0.4) is 0 Å². The van der Waals surface area contributed by atoms with Crippen molar-refractivity contribution in [2.24, 2.45) is 5.92 Å². The summed E-state index contributed by atoms with van der Waals surface area (Å²) >= 11 is 9.40. The number of benzene rings is 1. The maximum absolute atomic E-state index is 12.0. The van der Waals surface area contributed by atoms with E-state index in [0.29, 0.717) is 23.2 Å². The molecular weight excluding hydrogens is 344 g/mol. The summed E-state index contributed by atoms with van der Waals surface area (Å²) in [6.45, 7) is 2.32. The van der Waals surface area contributed by atoms with Gasteiger partial charge in [0.2, 0.25) is 5.91 Å². The molecule has 0 unspecified atom stereocenters. The smallest absolute Gasteiger partial charge is 0.238 e. The van der Waals surface area contributed by atoms with Crippen LogP contribution >= 0.6 is 27.5 Å². The largest absolute Gasteiger partial charge is 0.396 e. The number of aliphatic hydroxyl groups excluding tert-OH is 1. The number of amides is 1. The summed E-state index contributed by atoms with van der Waals surface area (Å²) in [7, 11) is 0. The van der Waals surface area contributed by atoms with Gasteiger partial charge in [-0.2, -0.15) is 0 Å². The van der Waals surface area contributed by atoms with Gasteiger partial charge in [0.05, 0.1) is 17.3 Å². The van der Waals surface area contributed by atoms with Crippen LogP contribution in [0.25, 0.3) is 0 Å². The first-order valence-electron chi connectivity index (χ1n) is 6.66. The molecule has 2 rings (SSSR count). The summed E-state index contributed by atoms with van der Waals surface area (Å²) in [6.07, 6.45) is 1.89. The Labute approximate surface area is 132 Å². The first kappa shape index (κ1) is 15.8. The normalized spacial score (nSPS) is 17.1. The van der Waals surface area contributed by atoms with E-state index in [2.05, 4.69) is 26.1 Å². The van der Waals surface area contributed by atoms with Gasteiger partial charge in [0, 0.05) is 11.1 Å². The number of carbonyl (C=O) groups excluding carboxylic acids is 1. The highest BCUT2D eigenvalue weighted by Gasteiger charge is 2.20. The van der Waals surface area contributed by atoms with Gasteiger partial charge in [-0.05, 0) is 50.0 Å². The van der Waals surface area contributed by atoms with Gasteiger partial charge in [-0.25, -0.2) is 0 Å². The van der Waals surface area contributed by atoms with Crippen molar-refractivity contribution in [3.05, 3.63) is 27.7 Å². The third kappa shape index (κ3) is 4.45. The fraction of sp³-hybridized carbons (Fsp3) is 0.500. The minimum absolute atomic E-state index is 0.0586. The molecule has 1 amide bonds. The Bertz CT molecular complexity index is 476. The zero-order valence-corrected chi connectivity index (χ0v) is 13.5. The van der Waals surface area contributed by atoms with E-state index in [1.165, 1.54) is 0 Å². The first-order valence-corrected chi connectivity index (χ1v) is 7.83. The average molecular weight is 362 g/mol. The molecule has 1 aliphatic rings. The van der Waals surface area contributed by atoms with Crippen molar-refractivity contribution >= 4 is 39.1 Å². The number of nitrogens with zero attached hydrogens (tertiary/aromatic N) is 1. The van der Waals surface area contributed by atoms with Crippen LogP contribution < -0.4 is 5.32 Å². The van der Waals surface area contributed by atoms with Gasteiger partial charge in [-0.15, -0.1) is 0 Å². The predicted octanol–water partition coefficient (Wildman–Crippen LogP) is 2.75. The van der Waals surface area contributed by atoms with E-state index in [1.807, 2.05) is 6.07 Å². The van der Waals surface area contributed by atoms with Crippen LogP contribution in [0, 0.1) is 5.92 Å². The highest BCUT2D eigenvalue weighted by Crippen LogP contribution is 2.25. The van der Waals surface area contributed by atoms with E-state index in [0.717, 1.165) is 30.4 Å². The Morgan fingerprint density at radius 3 is 2.75 bits per heavy atom. The fourth-order valence-corrected chi connectivity index (χ4v) is 3.03. The molecule has 1 aliphatic heterocycles. The van der Waals surface area contributed by atoms with Gasteiger partial charge in [0.25, 0.3) is 0 Å². The molecule has 4 nitrogen and oxygen atoms in total. The molecule has 0 saturated carbocycles. The van der Waals surface area contributed by atoms with Gasteiger partial charge in [0.1, 0.15) is 0 Å². The number of rotatable bonds is 4. The van der Waals surface area contributed by atoms with E-state index in [1.54, 1.807) is 12.1 Å². The summed E-state index contributed by atoms with van der Waals surface area (Å²) in [5, 5.41) is 12.4. The molecule has 1 fully saturated rings. The van der Waals surface area contributed by atoms with Crippen LogP contribution in [0.1, 0.15) is 12.8 Å². The van der Waals surface area contributed by atoms with Crippen molar-refractivity contribution in [3.8, 4) is 0 Å². The minimum atomic E-state index is -0.0586. The predicted molar refractivity (Wildman–Crippen MR) is 84.0 cm³/mol. The maximum atomic E-state index is 12.0.